The van der Waals surface area contributed by atoms with Crippen LogP contribution >= 0.6 is 35.3 Å². The van der Waals surface area contributed by atoms with E-state index in [1.807, 2.05) is 6.20 Å². The number of guanidine groups is 1. The van der Waals surface area contributed by atoms with Crippen LogP contribution in [0.4, 0.5) is 0 Å². The topological polar surface area (TPSA) is 52.6 Å². The third kappa shape index (κ3) is 7.02. The van der Waals surface area contributed by atoms with Crippen molar-refractivity contribution in [2.75, 3.05) is 26.2 Å². The van der Waals surface area contributed by atoms with Crippen molar-refractivity contribution >= 4 is 41.3 Å². The van der Waals surface area contributed by atoms with Gasteiger partial charge in [0.1, 0.15) is 0 Å². The Balaban J connectivity index is 0.00000312. The second-order valence-electron chi connectivity index (χ2n) is 6.86. The normalized spacial score (nSPS) is 21.4. The van der Waals surface area contributed by atoms with Crippen LogP contribution in [0.1, 0.15) is 44.5 Å². The van der Waals surface area contributed by atoms with Gasteiger partial charge in [0.25, 0.3) is 0 Å². The van der Waals surface area contributed by atoms with Crippen LogP contribution < -0.4 is 10.6 Å². The van der Waals surface area contributed by atoms with E-state index >= 15 is 0 Å². The van der Waals surface area contributed by atoms with Gasteiger partial charge in [-0.2, -0.15) is 0 Å². The minimum absolute atomic E-state index is 0. The number of nitrogens with zero attached hydrogens (tertiary/aromatic N) is 3. The number of aryl methyl sites for hydroxylation is 1. The van der Waals surface area contributed by atoms with E-state index < -0.39 is 0 Å². The highest BCUT2D eigenvalue weighted by atomic mass is 127. The van der Waals surface area contributed by atoms with E-state index in [2.05, 4.69) is 55.1 Å². The molecule has 1 aromatic rings. The Labute approximate surface area is 174 Å². The number of likely N-dealkylation sites (tertiary alicyclic amines) is 1. The first-order valence-electron chi connectivity index (χ1n) is 9.25. The van der Waals surface area contributed by atoms with E-state index in [9.17, 15) is 0 Å². The summed E-state index contributed by atoms with van der Waals surface area (Å²) in [7, 11) is 0. The Bertz CT molecular complexity index is 531. The average molecular weight is 479 g/mol. The number of hydrogen-bond donors (Lipinski definition) is 2. The zero-order valence-electron chi connectivity index (χ0n) is 16.2. The summed E-state index contributed by atoms with van der Waals surface area (Å²) in [5.74, 6) is 1.58. The Morgan fingerprint density at radius 2 is 2.16 bits per heavy atom. The lowest BCUT2D eigenvalue weighted by molar-refractivity contribution is 0.265. The Morgan fingerprint density at radius 3 is 2.72 bits per heavy atom. The molecule has 0 bridgehead atoms. The number of hydrogen-bond acceptors (Lipinski definition) is 4. The van der Waals surface area contributed by atoms with Crippen LogP contribution in [0.25, 0.3) is 0 Å². The second kappa shape index (κ2) is 11.3. The monoisotopic (exact) mass is 479 g/mol. The predicted octanol–water partition coefficient (Wildman–Crippen LogP) is 3.15. The Hall–Kier alpha value is -0.410. The highest BCUT2D eigenvalue weighted by molar-refractivity contribution is 14.0. The minimum Gasteiger partial charge on any atom is -0.357 e. The fourth-order valence-electron chi connectivity index (χ4n) is 3.00. The summed E-state index contributed by atoms with van der Waals surface area (Å²) >= 11 is 1.81. The fourth-order valence-corrected chi connectivity index (χ4v) is 3.85. The average Bonchev–Trinajstić information content (AvgIpc) is 3.15. The molecule has 2 heterocycles. The van der Waals surface area contributed by atoms with Gasteiger partial charge in [-0.05, 0) is 33.1 Å². The maximum Gasteiger partial charge on any atom is 0.191 e. The standard InChI is InChI=1S/C18H33N5S.HI/c1-6-15-10-21-17(24-15)8-9-20-18(19-7-2)22-16-12-23(13(3)4)11-14(16)5;/h10,13-14,16H,6-9,11-12H2,1-5H3,(H2,19,20,22);1H. The second-order valence-corrected chi connectivity index (χ2v) is 8.06. The van der Waals surface area contributed by atoms with Crippen molar-refractivity contribution in [2.24, 2.45) is 10.9 Å². The fraction of sp³-hybridized carbons (Fsp3) is 0.778. The van der Waals surface area contributed by atoms with Gasteiger partial charge in [0.15, 0.2) is 5.96 Å². The summed E-state index contributed by atoms with van der Waals surface area (Å²) in [5.41, 5.74) is 0. The Kier molecular flexibility index (Phi) is 10.3. The molecule has 0 saturated carbocycles. The number of aliphatic imine (C=N–C) groups is 1. The van der Waals surface area contributed by atoms with Gasteiger partial charge in [0, 0.05) is 55.8 Å². The van der Waals surface area contributed by atoms with Crippen molar-refractivity contribution in [3.63, 3.8) is 0 Å². The van der Waals surface area contributed by atoms with Crippen molar-refractivity contribution in [3.05, 3.63) is 16.1 Å². The van der Waals surface area contributed by atoms with Gasteiger partial charge in [-0.3, -0.25) is 9.89 Å². The molecule has 144 valence electrons. The SMILES string of the molecule is CCNC(=NCCc1ncc(CC)s1)NC1CN(C(C)C)CC1C.I. The molecule has 0 radical (unpaired) electrons. The molecule has 2 rings (SSSR count). The van der Waals surface area contributed by atoms with Crippen molar-refractivity contribution in [3.8, 4) is 0 Å². The highest BCUT2D eigenvalue weighted by Gasteiger charge is 2.31. The Morgan fingerprint density at radius 1 is 1.40 bits per heavy atom. The first-order chi connectivity index (χ1) is 11.5. The maximum atomic E-state index is 4.75. The highest BCUT2D eigenvalue weighted by Crippen LogP contribution is 2.18. The molecule has 1 fully saturated rings. The van der Waals surface area contributed by atoms with E-state index in [1.54, 1.807) is 11.3 Å². The zero-order valence-corrected chi connectivity index (χ0v) is 19.4. The first-order valence-corrected chi connectivity index (χ1v) is 10.1. The summed E-state index contributed by atoms with van der Waals surface area (Å²) < 4.78 is 0. The number of halogens is 1. The maximum absolute atomic E-state index is 4.75. The zero-order chi connectivity index (χ0) is 17.5. The summed E-state index contributed by atoms with van der Waals surface area (Å²) in [6.45, 7) is 15.1. The summed E-state index contributed by atoms with van der Waals surface area (Å²) in [6, 6.07) is 1.08. The molecule has 2 N–H and O–H groups in total. The third-order valence-corrected chi connectivity index (χ3v) is 5.78. The minimum atomic E-state index is 0. The molecule has 1 aliphatic heterocycles. The smallest absolute Gasteiger partial charge is 0.191 e. The van der Waals surface area contributed by atoms with Gasteiger partial charge < -0.3 is 10.6 Å². The summed E-state index contributed by atoms with van der Waals surface area (Å²) in [6.07, 6.45) is 3.98. The van der Waals surface area contributed by atoms with Gasteiger partial charge in [-0.25, -0.2) is 4.98 Å². The van der Waals surface area contributed by atoms with Gasteiger partial charge in [-0.1, -0.05) is 13.8 Å². The molecule has 2 atom stereocenters. The number of rotatable bonds is 7. The molecule has 0 amide bonds. The van der Waals surface area contributed by atoms with Gasteiger partial charge >= 0.3 is 0 Å². The largest absolute Gasteiger partial charge is 0.357 e. The lowest BCUT2D eigenvalue weighted by Gasteiger charge is -2.21. The molecule has 25 heavy (non-hydrogen) atoms. The summed E-state index contributed by atoms with van der Waals surface area (Å²) in [5, 5.41) is 8.20. The van der Waals surface area contributed by atoms with Gasteiger partial charge in [0.2, 0.25) is 0 Å². The molecule has 0 aliphatic carbocycles. The number of aromatic nitrogens is 1. The van der Waals surface area contributed by atoms with Crippen LogP contribution in [-0.4, -0.2) is 54.1 Å². The molecular formula is C18H34IN5S. The number of thiazole rings is 1. The van der Waals surface area contributed by atoms with Gasteiger partial charge in [-0.15, -0.1) is 35.3 Å². The summed E-state index contributed by atoms with van der Waals surface area (Å²) in [4.78, 5) is 13.1. The third-order valence-electron chi connectivity index (χ3n) is 4.58. The van der Waals surface area contributed by atoms with E-state index in [1.165, 1.54) is 9.88 Å². The molecular weight excluding hydrogens is 445 g/mol. The predicted molar refractivity (Wildman–Crippen MR) is 119 cm³/mol. The number of nitrogens with one attached hydrogen (secondary N) is 2. The van der Waals surface area contributed by atoms with Crippen LogP contribution in [0.15, 0.2) is 11.2 Å². The molecule has 2 unspecified atom stereocenters. The lowest BCUT2D eigenvalue weighted by Crippen LogP contribution is -2.46. The van der Waals surface area contributed by atoms with E-state index in [0.717, 1.165) is 45.0 Å². The quantitative estimate of drug-likeness (QED) is 0.359. The molecule has 0 spiro atoms. The first kappa shape index (κ1) is 22.6. The molecule has 7 heteroatoms. The van der Waals surface area contributed by atoms with Crippen molar-refractivity contribution in [2.45, 2.75) is 59.5 Å². The van der Waals surface area contributed by atoms with Crippen LogP contribution in [0, 0.1) is 5.92 Å². The molecule has 5 nitrogen and oxygen atoms in total. The molecule has 1 aromatic heterocycles. The van der Waals surface area contributed by atoms with Gasteiger partial charge in [0.05, 0.1) is 5.01 Å². The molecule has 1 saturated heterocycles. The van der Waals surface area contributed by atoms with Crippen LogP contribution in [-0.2, 0) is 12.8 Å². The van der Waals surface area contributed by atoms with E-state index in [0.29, 0.717) is 18.0 Å². The van der Waals surface area contributed by atoms with E-state index in [4.69, 9.17) is 4.99 Å². The van der Waals surface area contributed by atoms with Crippen LogP contribution in [0.2, 0.25) is 0 Å². The van der Waals surface area contributed by atoms with Crippen molar-refractivity contribution in [1.29, 1.82) is 0 Å². The van der Waals surface area contributed by atoms with E-state index in [-0.39, 0.29) is 24.0 Å². The molecule has 0 aromatic carbocycles. The van der Waals surface area contributed by atoms with Crippen molar-refractivity contribution in [1.82, 2.24) is 20.5 Å². The molecule has 1 aliphatic rings. The van der Waals surface area contributed by atoms with Crippen LogP contribution in [0.3, 0.4) is 0 Å². The van der Waals surface area contributed by atoms with Crippen LogP contribution in [0.5, 0.6) is 0 Å². The van der Waals surface area contributed by atoms with Crippen molar-refractivity contribution < 1.29 is 0 Å². The lowest BCUT2D eigenvalue weighted by atomic mass is 10.1.